The number of fused-ring (bicyclic) bond motifs is 2. The summed E-state index contributed by atoms with van der Waals surface area (Å²) in [6.45, 7) is 32.5. The predicted molar refractivity (Wildman–Crippen MR) is 238 cm³/mol. The molecule has 0 fully saturated rings. The molecule has 0 aliphatic carbocycles. The van der Waals surface area contributed by atoms with Crippen LogP contribution in [-0.2, 0) is 5.41 Å². The van der Waals surface area contributed by atoms with Gasteiger partial charge in [-0.1, -0.05) is 86.6 Å². The van der Waals surface area contributed by atoms with Crippen molar-refractivity contribution in [2.45, 2.75) is 125 Å². The fourth-order valence-corrected chi connectivity index (χ4v) is 18.6. The maximum atomic E-state index is 8.41. The van der Waals surface area contributed by atoms with Crippen LogP contribution in [0.1, 0.15) is 119 Å². The topological polar surface area (TPSA) is 21.7 Å². The summed E-state index contributed by atoms with van der Waals surface area (Å²) in [5.74, 6) is 4.40. The molecule has 4 aromatic carbocycles. The SMILES string of the molecule is CC1(C)c2cccc([Si]3N(C(C)(C)C)C(c4ccccc4)=[N+]3C(C)(C)C)c2Oc2c1cccc2[Si-]1(Cl)N(C(C)(C)C)C(c2ccccc2)=[N+]1C(C)(C)C.[Cl][Ge]. The minimum atomic E-state index is -3.13. The van der Waals surface area contributed by atoms with Gasteiger partial charge in [-0.3, -0.25) is 19.9 Å². The molecule has 0 aromatic heterocycles. The van der Waals surface area contributed by atoms with E-state index in [1.54, 1.807) is 0 Å². The summed E-state index contributed by atoms with van der Waals surface area (Å²) in [6, 6.07) is 35.2. The second kappa shape index (κ2) is 14.2. The van der Waals surface area contributed by atoms with Crippen LogP contribution in [0.25, 0.3) is 0 Å². The fourth-order valence-electron chi connectivity index (χ4n) is 8.71. The monoisotopic (exact) mass is 870 g/mol. The quantitative estimate of drug-likeness (QED) is 0.151. The number of hydrogen-bond acceptors (Lipinski definition) is 3. The maximum absolute atomic E-state index is 8.41. The fraction of sp³-hybridized carbons (Fsp3) is 0.422. The molecule has 55 heavy (non-hydrogen) atoms. The summed E-state index contributed by atoms with van der Waals surface area (Å²) >= 11 is 9.88. The van der Waals surface area contributed by atoms with Crippen molar-refractivity contribution in [1.29, 1.82) is 0 Å². The van der Waals surface area contributed by atoms with E-state index in [0.717, 1.165) is 16.7 Å². The van der Waals surface area contributed by atoms with E-state index in [9.17, 15) is 0 Å². The Morgan fingerprint density at radius 1 is 0.618 bits per heavy atom. The third kappa shape index (κ3) is 6.77. The van der Waals surface area contributed by atoms with E-state index < -0.39 is 16.8 Å². The number of hydrogen-bond donors (Lipinski definition) is 0. The van der Waals surface area contributed by atoms with Crippen LogP contribution in [0.3, 0.4) is 0 Å². The van der Waals surface area contributed by atoms with Gasteiger partial charge >= 0.3 is 42.4 Å². The van der Waals surface area contributed by atoms with Crippen LogP contribution in [0.4, 0.5) is 0 Å². The van der Waals surface area contributed by atoms with Gasteiger partial charge in [-0.15, -0.1) is 0 Å². The Kier molecular flexibility index (Phi) is 10.8. The van der Waals surface area contributed by atoms with Crippen LogP contribution < -0.4 is 15.1 Å². The third-order valence-corrected chi connectivity index (χ3v) is 19.9. The van der Waals surface area contributed by atoms with Crippen molar-refractivity contribution >= 4 is 75.5 Å². The van der Waals surface area contributed by atoms with Crippen LogP contribution >= 0.6 is 21.1 Å². The molecule has 7 rings (SSSR count). The molecule has 1 unspecified atom stereocenters. The summed E-state index contributed by atoms with van der Waals surface area (Å²) in [4.78, 5) is 0. The summed E-state index contributed by atoms with van der Waals surface area (Å²) < 4.78 is 18.0. The molecule has 4 aromatic rings. The van der Waals surface area contributed by atoms with Gasteiger partial charge in [0, 0.05) is 16.5 Å². The molecule has 3 aliphatic rings. The van der Waals surface area contributed by atoms with Gasteiger partial charge in [0.15, 0.2) is 0 Å². The Morgan fingerprint density at radius 2 is 1.11 bits per heavy atom. The van der Waals surface area contributed by atoms with Crippen molar-refractivity contribution in [1.82, 2.24) is 9.13 Å². The zero-order valence-corrected chi connectivity index (χ0v) is 40.8. The second-order valence-corrected chi connectivity index (χ2v) is 25.7. The molecule has 289 valence electrons. The van der Waals surface area contributed by atoms with Crippen molar-refractivity contribution < 1.29 is 13.2 Å². The van der Waals surface area contributed by atoms with Crippen molar-refractivity contribution in [3.63, 3.8) is 0 Å². The molecule has 0 saturated heterocycles. The van der Waals surface area contributed by atoms with Gasteiger partial charge in [0.05, 0.1) is 38.5 Å². The molecule has 1 atom stereocenters. The van der Waals surface area contributed by atoms with Crippen molar-refractivity contribution in [3.05, 3.63) is 119 Å². The number of benzene rings is 4. The Bertz CT molecular complexity index is 2160. The van der Waals surface area contributed by atoms with E-state index in [1.165, 1.54) is 54.7 Å². The summed E-state index contributed by atoms with van der Waals surface area (Å²) in [5, 5.41) is 2.39. The number of para-hydroxylation sites is 2. The van der Waals surface area contributed by atoms with E-state index in [0.29, 0.717) is 0 Å². The Morgan fingerprint density at radius 3 is 1.58 bits per heavy atom. The first-order valence-electron chi connectivity index (χ1n) is 19.3. The molecular formula is C45H58Cl2GeN4OSi2+. The molecule has 0 saturated carbocycles. The average molecular weight is 871 g/mol. The standard InChI is InChI=1S/C45H58ClN4OSi2.ClGe/c1-41(2,3)47-39(31-23-17-15-18-24-31)48(42(4,5)6)52(47)35-29-21-27-33-37(35)51-38-34(45(33,13)14)28-22-30-36(38)53(46)49(43(7,8)9)40(50(53)44(10,11)12)32-25-19-16-20-26-32;1-2/h15-30H,1-14H3;/q+1;. The Hall–Kier alpha value is -2.82. The number of rotatable bonds is 4. The molecule has 0 bridgehead atoms. The number of amidine groups is 2. The molecule has 3 heterocycles. The summed E-state index contributed by atoms with van der Waals surface area (Å²) in [7, 11) is 0.01000. The van der Waals surface area contributed by atoms with Crippen LogP contribution in [0.5, 0.6) is 11.5 Å². The molecule has 5 nitrogen and oxygen atoms in total. The van der Waals surface area contributed by atoms with Gasteiger partial charge < -0.3 is 13.5 Å². The summed E-state index contributed by atoms with van der Waals surface area (Å²) in [6.07, 6.45) is 0. The molecule has 3 aliphatic heterocycles. The van der Waals surface area contributed by atoms with E-state index in [4.69, 9.17) is 15.8 Å². The zero-order valence-electron chi connectivity index (χ0n) is 35.2. The van der Waals surface area contributed by atoms with Crippen LogP contribution in [0, 0.1) is 0 Å². The van der Waals surface area contributed by atoms with Crippen molar-refractivity contribution in [2.24, 2.45) is 0 Å². The van der Waals surface area contributed by atoms with Gasteiger partial charge in [-0.05, 0) is 113 Å². The van der Waals surface area contributed by atoms with Gasteiger partial charge in [0.25, 0.3) is 5.84 Å². The third-order valence-electron chi connectivity index (χ3n) is 10.8. The van der Waals surface area contributed by atoms with Gasteiger partial charge in [0.2, 0.25) is 5.84 Å². The Balaban J connectivity index is 0.00000253. The van der Waals surface area contributed by atoms with E-state index in [-0.39, 0.29) is 27.6 Å². The van der Waals surface area contributed by atoms with Gasteiger partial charge in [0.1, 0.15) is 11.5 Å². The predicted octanol–water partition coefficient (Wildman–Crippen LogP) is 9.25. The first-order valence-corrected chi connectivity index (χ1v) is 26.3. The first kappa shape index (κ1) is 41.8. The molecular weight excluding hydrogens is 812 g/mol. The van der Waals surface area contributed by atoms with E-state index in [2.05, 4.69) is 222 Å². The van der Waals surface area contributed by atoms with Gasteiger partial charge in [-0.2, -0.15) is 0 Å². The molecule has 0 spiro atoms. The van der Waals surface area contributed by atoms with Crippen LogP contribution in [0.15, 0.2) is 97.1 Å². The molecule has 0 N–H and O–H groups in total. The molecule has 10 heteroatoms. The van der Waals surface area contributed by atoms with E-state index in [1.807, 2.05) is 0 Å². The molecule has 0 amide bonds. The minimum absolute atomic E-state index is 0.111. The molecule has 4 radical (unpaired) electrons. The van der Waals surface area contributed by atoms with E-state index >= 15 is 0 Å². The first-order chi connectivity index (χ1) is 25.5. The van der Waals surface area contributed by atoms with Crippen LogP contribution in [0.2, 0.25) is 0 Å². The van der Waals surface area contributed by atoms with Crippen molar-refractivity contribution in [3.8, 4) is 11.5 Å². The van der Waals surface area contributed by atoms with Gasteiger partial charge in [-0.25, -0.2) is 0 Å². The van der Waals surface area contributed by atoms with Crippen LogP contribution in [-0.4, -0.2) is 83.9 Å². The number of ether oxygens (including phenoxy) is 1. The average Bonchev–Trinajstić information content (AvgIpc) is 3.06. The number of halogens is 2. The Labute approximate surface area is 351 Å². The number of nitrogens with zero attached hydrogens (tertiary/aromatic N) is 4. The zero-order chi connectivity index (χ0) is 40.7. The normalized spacial score (nSPS) is 19.8. The second-order valence-electron chi connectivity index (χ2n) is 19.4. The van der Waals surface area contributed by atoms with Crippen molar-refractivity contribution in [2.75, 3.05) is 0 Å². The summed E-state index contributed by atoms with van der Waals surface area (Å²) in [5.41, 5.74) is 3.83.